The molecule has 10 heteroatoms. The van der Waals surface area contributed by atoms with E-state index in [1.165, 1.54) is 36.9 Å². The van der Waals surface area contributed by atoms with E-state index in [0.717, 1.165) is 10.1 Å². The van der Waals surface area contributed by atoms with Crippen LogP contribution < -0.4 is 25.4 Å². The van der Waals surface area contributed by atoms with Crippen molar-refractivity contribution in [1.82, 2.24) is 13.9 Å². The fourth-order valence-corrected chi connectivity index (χ4v) is 4.46. The standard InChI is InChI=1S/C22H27N3O6S/c1-5-30-19-10-7-15(13-20(19)31-6-2)11-12-23-32(28,29)16-8-9-18-17(14-16)21(26)25(4)22(27)24(18)3/h7-10,13-14,23H,5-6,11-12H2,1-4H3. The van der Waals surface area contributed by atoms with Crippen LogP contribution in [0.4, 0.5) is 0 Å². The van der Waals surface area contributed by atoms with Crippen molar-refractivity contribution in [2.45, 2.75) is 25.2 Å². The monoisotopic (exact) mass is 461 g/mol. The average Bonchev–Trinajstić information content (AvgIpc) is 2.77. The lowest BCUT2D eigenvalue weighted by Gasteiger charge is -2.13. The quantitative estimate of drug-likeness (QED) is 0.518. The topological polar surface area (TPSA) is 109 Å². The number of sulfonamides is 1. The van der Waals surface area contributed by atoms with Gasteiger partial charge in [0.2, 0.25) is 10.0 Å². The second-order valence-corrected chi connectivity index (χ2v) is 8.95. The molecule has 1 heterocycles. The molecule has 0 saturated carbocycles. The van der Waals surface area contributed by atoms with Crippen LogP contribution in [0.15, 0.2) is 50.9 Å². The molecule has 0 fully saturated rings. The molecule has 1 N–H and O–H groups in total. The van der Waals surface area contributed by atoms with Gasteiger partial charge in [-0.2, -0.15) is 0 Å². The number of aryl methyl sites for hydroxylation is 1. The predicted octanol–water partition coefficient (Wildman–Crippen LogP) is 1.56. The summed E-state index contributed by atoms with van der Waals surface area (Å²) in [5.74, 6) is 1.26. The van der Waals surface area contributed by atoms with Crippen LogP contribution in [0.1, 0.15) is 19.4 Å². The molecule has 32 heavy (non-hydrogen) atoms. The maximum Gasteiger partial charge on any atom is 0.330 e. The van der Waals surface area contributed by atoms with Gasteiger partial charge in [0.05, 0.1) is 29.0 Å². The van der Waals surface area contributed by atoms with E-state index in [1.807, 2.05) is 32.0 Å². The molecule has 2 aromatic carbocycles. The zero-order chi connectivity index (χ0) is 23.5. The minimum absolute atomic E-state index is 0.0394. The number of hydrogen-bond donors (Lipinski definition) is 1. The van der Waals surface area contributed by atoms with Gasteiger partial charge in [-0.05, 0) is 56.2 Å². The molecule has 0 atom stereocenters. The van der Waals surface area contributed by atoms with E-state index >= 15 is 0 Å². The molecule has 0 aliphatic heterocycles. The van der Waals surface area contributed by atoms with Crippen molar-refractivity contribution in [2.75, 3.05) is 19.8 Å². The summed E-state index contributed by atoms with van der Waals surface area (Å²) >= 11 is 0. The largest absolute Gasteiger partial charge is 0.490 e. The van der Waals surface area contributed by atoms with Gasteiger partial charge in [0, 0.05) is 20.6 Å². The second-order valence-electron chi connectivity index (χ2n) is 7.18. The Morgan fingerprint density at radius 3 is 2.28 bits per heavy atom. The Labute approximate surface area is 186 Å². The highest BCUT2D eigenvalue weighted by atomic mass is 32.2. The third kappa shape index (κ3) is 4.71. The molecule has 0 unspecified atom stereocenters. The highest BCUT2D eigenvalue weighted by Gasteiger charge is 2.17. The number of benzene rings is 2. The SMILES string of the molecule is CCOc1ccc(CCNS(=O)(=O)c2ccc3c(c2)c(=O)n(C)c(=O)n3C)cc1OCC. The maximum absolute atomic E-state index is 12.8. The van der Waals surface area contributed by atoms with Gasteiger partial charge < -0.3 is 9.47 Å². The first-order valence-electron chi connectivity index (χ1n) is 10.3. The number of fused-ring (bicyclic) bond motifs is 1. The smallest absolute Gasteiger partial charge is 0.330 e. The van der Waals surface area contributed by atoms with Crippen molar-refractivity contribution in [2.24, 2.45) is 14.1 Å². The van der Waals surface area contributed by atoms with Crippen LogP contribution in [-0.2, 0) is 30.5 Å². The Hall–Kier alpha value is -3.11. The van der Waals surface area contributed by atoms with E-state index in [-0.39, 0.29) is 16.8 Å². The lowest BCUT2D eigenvalue weighted by atomic mass is 10.1. The van der Waals surface area contributed by atoms with Gasteiger partial charge in [0.15, 0.2) is 11.5 Å². The summed E-state index contributed by atoms with van der Waals surface area (Å²) in [5, 5.41) is 0.158. The molecular weight excluding hydrogens is 434 g/mol. The maximum atomic E-state index is 12.8. The second kappa shape index (κ2) is 9.58. The van der Waals surface area contributed by atoms with Crippen LogP contribution in [0.2, 0.25) is 0 Å². The van der Waals surface area contributed by atoms with Crippen LogP contribution >= 0.6 is 0 Å². The third-order valence-electron chi connectivity index (χ3n) is 5.06. The van der Waals surface area contributed by atoms with Crippen molar-refractivity contribution in [3.8, 4) is 11.5 Å². The van der Waals surface area contributed by atoms with Crippen molar-refractivity contribution in [1.29, 1.82) is 0 Å². The summed E-state index contributed by atoms with van der Waals surface area (Å²) in [6, 6.07) is 9.65. The number of rotatable bonds is 9. The summed E-state index contributed by atoms with van der Waals surface area (Å²) in [4.78, 5) is 24.5. The minimum atomic E-state index is -3.85. The molecule has 172 valence electrons. The van der Waals surface area contributed by atoms with Crippen LogP contribution in [-0.4, -0.2) is 37.3 Å². The van der Waals surface area contributed by atoms with Crippen LogP contribution in [0.3, 0.4) is 0 Å². The Morgan fingerprint density at radius 2 is 1.59 bits per heavy atom. The first-order valence-corrected chi connectivity index (χ1v) is 11.8. The molecule has 1 aromatic heterocycles. The summed E-state index contributed by atoms with van der Waals surface area (Å²) < 4.78 is 41.6. The van der Waals surface area contributed by atoms with E-state index in [2.05, 4.69) is 4.72 Å². The molecule has 9 nitrogen and oxygen atoms in total. The molecule has 0 amide bonds. The fraction of sp³-hybridized carbons (Fsp3) is 0.364. The summed E-state index contributed by atoms with van der Waals surface area (Å²) in [6.07, 6.45) is 0.440. The Morgan fingerprint density at radius 1 is 0.906 bits per heavy atom. The molecule has 3 aromatic rings. The van der Waals surface area contributed by atoms with Gasteiger partial charge in [-0.3, -0.25) is 13.9 Å². The Bertz CT molecular complexity index is 1360. The van der Waals surface area contributed by atoms with Gasteiger partial charge >= 0.3 is 5.69 Å². The van der Waals surface area contributed by atoms with Crippen LogP contribution in [0, 0.1) is 0 Å². The van der Waals surface area contributed by atoms with Gasteiger partial charge in [-0.25, -0.2) is 17.9 Å². The van der Waals surface area contributed by atoms with E-state index < -0.39 is 21.3 Å². The molecule has 0 spiro atoms. The Kier molecular flexibility index (Phi) is 7.05. The molecule has 0 radical (unpaired) electrons. The molecule has 3 rings (SSSR count). The van der Waals surface area contributed by atoms with E-state index in [1.54, 1.807) is 0 Å². The number of nitrogens with one attached hydrogen (secondary N) is 1. The zero-order valence-corrected chi connectivity index (χ0v) is 19.4. The normalized spacial score (nSPS) is 11.6. The summed E-state index contributed by atoms with van der Waals surface area (Å²) in [5.41, 5.74) is 0.243. The zero-order valence-electron chi connectivity index (χ0n) is 18.5. The van der Waals surface area contributed by atoms with Gasteiger partial charge in [-0.1, -0.05) is 6.07 Å². The molecule has 0 aliphatic rings. The van der Waals surface area contributed by atoms with E-state index in [9.17, 15) is 18.0 Å². The van der Waals surface area contributed by atoms with E-state index in [0.29, 0.717) is 36.7 Å². The molecule has 0 saturated heterocycles. The minimum Gasteiger partial charge on any atom is -0.490 e. The lowest BCUT2D eigenvalue weighted by molar-refractivity contribution is 0.287. The first kappa shape index (κ1) is 23.6. The molecule has 0 aliphatic carbocycles. The fourth-order valence-electron chi connectivity index (χ4n) is 3.41. The first-order chi connectivity index (χ1) is 15.2. The number of ether oxygens (including phenoxy) is 2. The van der Waals surface area contributed by atoms with Gasteiger partial charge in [-0.15, -0.1) is 0 Å². The number of hydrogen-bond acceptors (Lipinski definition) is 6. The van der Waals surface area contributed by atoms with Crippen LogP contribution in [0.25, 0.3) is 10.9 Å². The van der Waals surface area contributed by atoms with Crippen molar-refractivity contribution in [3.63, 3.8) is 0 Å². The lowest BCUT2D eigenvalue weighted by Crippen LogP contribution is -2.37. The predicted molar refractivity (Wildman–Crippen MR) is 122 cm³/mol. The van der Waals surface area contributed by atoms with E-state index in [4.69, 9.17) is 9.47 Å². The van der Waals surface area contributed by atoms with Gasteiger partial charge in [0.25, 0.3) is 5.56 Å². The molecular formula is C22H27N3O6S. The summed E-state index contributed by atoms with van der Waals surface area (Å²) in [7, 11) is -0.963. The Balaban J connectivity index is 1.80. The van der Waals surface area contributed by atoms with Gasteiger partial charge in [0.1, 0.15) is 0 Å². The third-order valence-corrected chi connectivity index (χ3v) is 6.52. The highest BCUT2D eigenvalue weighted by Crippen LogP contribution is 2.28. The van der Waals surface area contributed by atoms with Crippen molar-refractivity contribution in [3.05, 3.63) is 62.8 Å². The van der Waals surface area contributed by atoms with Crippen LogP contribution in [0.5, 0.6) is 11.5 Å². The molecule has 0 bridgehead atoms. The number of aromatic nitrogens is 2. The average molecular weight is 462 g/mol. The highest BCUT2D eigenvalue weighted by molar-refractivity contribution is 7.89. The van der Waals surface area contributed by atoms with Crippen molar-refractivity contribution < 1.29 is 17.9 Å². The number of nitrogens with zero attached hydrogens (tertiary/aromatic N) is 2. The summed E-state index contributed by atoms with van der Waals surface area (Å²) in [6.45, 7) is 4.93. The van der Waals surface area contributed by atoms with Crippen molar-refractivity contribution >= 4 is 20.9 Å².